The Hall–Kier alpha value is -1.20. The second-order valence-electron chi connectivity index (χ2n) is 9.56. The molecule has 0 saturated heterocycles. The first-order chi connectivity index (χ1) is 14.2. The minimum absolute atomic E-state index is 0.312. The van der Waals surface area contributed by atoms with E-state index in [-0.39, 0.29) is 0 Å². The van der Waals surface area contributed by atoms with Crippen LogP contribution in [0, 0.1) is 23.7 Å². The Labute approximate surface area is 180 Å². The number of carbonyl (C=O) groups is 2. The van der Waals surface area contributed by atoms with Crippen molar-refractivity contribution in [3.63, 3.8) is 0 Å². The smallest absolute Gasteiger partial charge is 0.344 e. The van der Waals surface area contributed by atoms with Crippen LogP contribution >= 0.6 is 0 Å². The Balaban J connectivity index is 2.10. The second-order valence-corrected chi connectivity index (χ2v) is 9.56. The van der Waals surface area contributed by atoms with Gasteiger partial charge < -0.3 is 9.47 Å². The molecular formula is C24H40F2O4. The predicted octanol–water partition coefficient (Wildman–Crippen LogP) is 6.31. The fourth-order valence-corrected chi connectivity index (χ4v) is 4.74. The van der Waals surface area contributed by atoms with Gasteiger partial charge in [-0.1, -0.05) is 72.6 Å². The molecule has 0 aromatic carbocycles. The summed E-state index contributed by atoms with van der Waals surface area (Å²) in [6.07, 6.45) is 5.71. The molecule has 4 atom stereocenters. The van der Waals surface area contributed by atoms with Gasteiger partial charge in [0.05, 0.1) is 0 Å². The molecule has 0 radical (unpaired) electrons. The number of ether oxygens (including phenoxy) is 2. The summed E-state index contributed by atoms with van der Waals surface area (Å²) >= 11 is 0. The number of carbonyl (C=O) groups excluding carboxylic acids is 2. The molecule has 4 nitrogen and oxygen atoms in total. The van der Waals surface area contributed by atoms with Crippen molar-refractivity contribution in [2.75, 3.05) is 0 Å². The SMILES string of the molecule is CC[C@H](C)[C@H](F)C(=O)OC1(OC(=O)[C@@H](F)[C@@H](C)CC)CCC(C2CCCCC2)CC1. The van der Waals surface area contributed by atoms with Crippen molar-refractivity contribution < 1.29 is 27.8 Å². The Morgan fingerprint density at radius 2 is 1.20 bits per heavy atom. The van der Waals surface area contributed by atoms with Gasteiger partial charge in [0.25, 0.3) is 5.79 Å². The normalized spacial score (nSPS) is 24.5. The molecule has 0 aromatic heterocycles. The van der Waals surface area contributed by atoms with Crippen LogP contribution in [0.4, 0.5) is 8.78 Å². The number of halogens is 2. The largest absolute Gasteiger partial charge is 0.420 e. The van der Waals surface area contributed by atoms with E-state index in [0.717, 1.165) is 12.8 Å². The summed E-state index contributed by atoms with van der Waals surface area (Å²) in [7, 11) is 0. The molecule has 174 valence electrons. The molecule has 6 heteroatoms. The highest BCUT2D eigenvalue weighted by molar-refractivity contribution is 5.77. The average molecular weight is 431 g/mol. The standard InChI is InChI=1S/C24H40F2O4/c1-5-16(3)20(25)22(27)29-24(30-23(28)21(26)17(4)6-2)14-12-19(13-15-24)18-10-8-7-9-11-18/h16-21H,5-15H2,1-4H3/t16-,17-,20-,21-/m0/s1. The van der Waals surface area contributed by atoms with E-state index >= 15 is 0 Å². The van der Waals surface area contributed by atoms with Gasteiger partial charge in [0.2, 0.25) is 0 Å². The molecule has 2 saturated carbocycles. The molecule has 2 rings (SSSR count). The molecular weight excluding hydrogens is 390 g/mol. The molecule has 2 fully saturated rings. The molecule has 0 N–H and O–H groups in total. The Morgan fingerprint density at radius 3 is 1.60 bits per heavy atom. The van der Waals surface area contributed by atoms with Crippen LogP contribution in [0.2, 0.25) is 0 Å². The maximum atomic E-state index is 14.5. The van der Waals surface area contributed by atoms with E-state index in [1.807, 2.05) is 0 Å². The van der Waals surface area contributed by atoms with Gasteiger partial charge in [-0.15, -0.1) is 0 Å². The van der Waals surface area contributed by atoms with Gasteiger partial charge in [0.1, 0.15) is 0 Å². The summed E-state index contributed by atoms with van der Waals surface area (Å²) in [5.41, 5.74) is 0. The summed E-state index contributed by atoms with van der Waals surface area (Å²) in [5.74, 6) is -3.40. The summed E-state index contributed by atoms with van der Waals surface area (Å²) in [4.78, 5) is 24.9. The maximum absolute atomic E-state index is 14.5. The van der Waals surface area contributed by atoms with Crippen LogP contribution in [0.25, 0.3) is 0 Å². The van der Waals surface area contributed by atoms with Gasteiger partial charge >= 0.3 is 11.9 Å². The van der Waals surface area contributed by atoms with E-state index in [2.05, 4.69) is 0 Å². The molecule has 0 amide bonds. The van der Waals surface area contributed by atoms with Crippen LogP contribution in [-0.4, -0.2) is 30.1 Å². The van der Waals surface area contributed by atoms with Crippen molar-refractivity contribution in [2.24, 2.45) is 23.7 Å². The first-order valence-corrected chi connectivity index (χ1v) is 12.0. The molecule has 30 heavy (non-hydrogen) atoms. The summed E-state index contributed by atoms with van der Waals surface area (Å²) in [5, 5.41) is 0. The van der Waals surface area contributed by atoms with Crippen LogP contribution in [0.5, 0.6) is 0 Å². The molecule has 0 aliphatic heterocycles. The lowest BCUT2D eigenvalue weighted by atomic mass is 9.72. The Kier molecular flexibility index (Phi) is 9.55. The molecule has 0 spiro atoms. The van der Waals surface area contributed by atoms with E-state index in [0.29, 0.717) is 37.5 Å². The summed E-state index contributed by atoms with van der Waals surface area (Å²) < 4.78 is 40.0. The van der Waals surface area contributed by atoms with E-state index < -0.39 is 41.9 Å². The van der Waals surface area contributed by atoms with E-state index in [9.17, 15) is 18.4 Å². The molecule has 0 unspecified atom stereocenters. The highest BCUT2D eigenvalue weighted by atomic mass is 19.1. The maximum Gasteiger partial charge on any atom is 0.344 e. The van der Waals surface area contributed by atoms with Gasteiger partial charge in [0.15, 0.2) is 12.3 Å². The van der Waals surface area contributed by atoms with E-state index in [1.54, 1.807) is 27.7 Å². The zero-order valence-corrected chi connectivity index (χ0v) is 19.1. The van der Waals surface area contributed by atoms with Gasteiger partial charge in [0, 0.05) is 12.8 Å². The third-order valence-electron chi connectivity index (χ3n) is 7.42. The first kappa shape index (κ1) is 25.1. The molecule has 2 aliphatic carbocycles. The summed E-state index contributed by atoms with van der Waals surface area (Å²) in [6.45, 7) is 6.89. The topological polar surface area (TPSA) is 52.6 Å². The van der Waals surface area contributed by atoms with Crippen LogP contribution in [-0.2, 0) is 19.1 Å². The van der Waals surface area contributed by atoms with Crippen molar-refractivity contribution in [3.05, 3.63) is 0 Å². The predicted molar refractivity (Wildman–Crippen MR) is 112 cm³/mol. The minimum Gasteiger partial charge on any atom is -0.420 e. The minimum atomic E-state index is -1.78. The monoisotopic (exact) mass is 430 g/mol. The van der Waals surface area contributed by atoms with Crippen LogP contribution in [0.1, 0.15) is 98.3 Å². The third-order valence-corrected chi connectivity index (χ3v) is 7.42. The van der Waals surface area contributed by atoms with E-state index in [1.165, 1.54) is 32.1 Å². The van der Waals surface area contributed by atoms with Crippen LogP contribution in [0.15, 0.2) is 0 Å². The number of rotatable bonds is 9. The lowest BCUT2D eigenvalue weighted by molar-refractivity contribution is -0.249. The fourth-order valence-electron chi connectivity index (χ4n) is 4.74. The second kappa shape index (κ2) is 11.4. The van der Waals surface area contributed by atoms with E-state index in [4.69, 9.17) is 9.47 Å². The average Bonchev–Trinajstić information content (AvgIpc) is 2.77. The van der Waals surface area contributed by atoms with Crippen molar-refractivity contribution >= 4 is 11.9 Å². The molecule has 0 heterocycles. The summed E-state index contributed by atoms with van der Waals surface area (Å²) in [6, 6.07) is 0. The van der Waals surface area contributed by atoms with Gasteiger partial charge in [-0.3, -0.25) is 0 Å². The number of alkyl halides is 2. The lowest BCUT2D eigenvalue weighted by Gasteiger charge is -2.42. The third kappa shape index (κ3) is 6.40. The highest BCUT2D eigenvalue weighted by Crippen LogP contribution is 2.44. The molecule has 0 aromatic rings. The molecule has 2 aliphatic rings. The first-order valence-electron chi connectivity index (χ1n) is 12.0. The van der Waals surface area contributed by atoms with Gasteiger partial charge in [-0.05, 0) is 36.5 Å². The van der Waals surface area contributed by atoms with Crippen molar-refractivity contribution in [3.8, 4) is 0 Å². The van der Waals surface area contributed by atoms with Crippen molar-refractivity contribution in [1.82, 2.24) is 0 Å². The lowest BCUT2D eigenvalue weighted by Crippen LogP contribution is -2.48. The Bertz CT molecular complexity index is 521. The molecule has 0 bridgehead atoms. The zero-order valence-electron chi connectivity index (χ0n) is 19.1. The number of hydrogen-bond acceptors (Lipinski definition) is 4. The zero-order chi connectivity index (χ0) is 22.3. The quantitative estimate of drug-likeness (QED) is 0.318. The van der Waals surface area contributed by atoms with Gasteiger partial charge in [-0.2, -0.15) is 0 Å². The van der Waals surface area contributed by atoms with Gasteiger partial charge in [-0.25, -0.2) is 18.4 Å². The number of hydrogen-bond donors (Lipinski definition) is 0. The van der Waals surface area contributed by atoms with Crippen molar-refractivity contribution in [2.45, 2.75) is 116 Å². The van der Waals surface area contributed by atoms with Crippen LogP contribution < -0.4 is 0 Å². The fraction of sp³-hybridized carbons (Fsp3) is 0.917. The number of esters is 2. The highest BCUT2D eigenvalue weighted by Gasteiger charge is 2.47. The van der Waals surface area contributed by atoms with Crippen molar-refractivity contribution in [1.29, 1.82) is 0 Å². The Morgan fingerprint density at radius 1 is 0.800 bits per heavy atom. The van der Waals surface area contributed by atoms with Crippen LogP contribution in [0.3, 0.4) is 0 Å².